The van der Waals surface area contributed by atoms with Crippen molar-refractivity contribution in [3.05, 3.63) is 36.2 Å². The fraction of sp³-hybridized carbons (Fsp3) is 0.571. The molecule has 0 aliphatic heterocycles. The maximum absolute atomic E-state index is 4.00. The van der Waals surface area contributed by atoms with E-state index in [2.05, 4.69) is 64.5 Å². The van der Waals surface area contributed by atoms with E-state index in [4.69, 9.17) is 0 Å². The van der Waals surface area contributed by atoms with Crippen molar-refractivity contribution in [3.63, 3.8) is 0 Å². The van der Waals surface area contributed by atoms with Gasteiger partial charge in [-0.1, -0.05) is 33.1 Å². The monoisotopic (exact) mass is 222 g/mol. The molecule has 2 nitrogen and oxygen atoms in total. The third-order valence-electron chi connectivity index (χ3n) is 2.37. The molecule has 0 fully saturated rings. The Morgan fingerprint density at radius 2 is 1.75 bits per heavy atom. The van der Waals surface area contributed by atoms with Crippen molar-refractivity contribution in [2.75, 3.05) is 6.54 Å². The van der Waals surface area contributed by atoms with Crippen molar-refractivity contribution in [2.45, 2.75) is 40.7 Å². The lowest BCUT2D eigenvalue weighted by Gasteiger charge is -2.14. The predicted molar refractivity (Wildman–Crippen MR) is 73.1 cm³/mol. The molecule has 0 radical (unpaired) electrons. The highest BCUT2D eigenvalue weighted by molar-refractivity contribution is 5.25. The third kappa shape index (κ3) is 6.33. The second-order valence-electron chi connectivity index (χ2n) is 4.73. The van der Waals surface area contributed by atoms with Gasteiger partial charge in [-0.15, -0.1) is 0 Å². The normalized spacial score (nSPS) is 11.8. The summed E-state index contributed by atoms with van der Waals surface area (Å²) in [5, 5.41) is 6.57. The van der Waals surface area contributed by atoms with Crippen LogP contribution in [0.2, 0.25) is 0 Å². The van der Waals surface area contributed by atoms with E-state index in [0.717, 1.165) is 17.9 Å². The molecule has 0 aromatic carbocycles. The minimum Gasteiger partial charge on any atom is -0.385 e. The second kappa shape index (κ2) is 7.15. The van der Waals surface area contributed by atoms with E-state index in [1.54, 1.807) is 0 Å². The Morgan fingerprint density at radius 1 is 1.19 bits per heavy atom. The van der Waals surface area contributed by atoms with Gasteiger partial charge in [0.05, 0.1) is 0 Å². The molecule has 0 spiro atoms. The Hall–Kier alpha value is -1.18. The van der Waals surface area contributed by atoms with E-state index in [1.807, 2.05) is 0 Å². The summed E-state index contributed by atoms with van der Waals surface area (Å²) < 4.78 is 0. The number of allylic oxidation sites excluding steroid dienone is 2. The van der Waals surface area contributed by atoms with E-state index < -0.39 is 0 Å². The first kappa shape index (κ1) is 14.8. The fourth-order valence-corrected chi connectivity index (χ4v) is 1.12. The summed E-state index contributed by atoms with van der Waals surface area (Å²) >= 11 is 0. The number of rotatable bonds is 7. The summed E-state index contributed by atoms with van der Waals surface area (Å²) in [6.45, 7) is 19.3. The first-order chi connectivity index (χ1) is 7.34. The van der Waals surface area contributed by atoms with E-state index in [1.165, 1.54) is 5.57 Å². The zero-order valence-electron chi connectivity index (χ0n) is 11.4. The highest BCUT2D eigenvalue weighted by atomic mass is 14.9. The second-order valence-corrected chi connectivity index (χ2v) is 4.73. The quantitative estimate of drug-likeness (QED) is 0.646. The average molecular weight is 222 g/mol. The van der Waals surface area contributed by atoms with Gasteiger partial charge in [0.2, 0.25) is 0 Å². The van der Waals surface area contributed by atoms with Gasteiger partial charge in [0, 0.05) is 24.0 Å². The topological polar surface area (TPSA) is 24.1 Å². The summed E-state index contributed by atoms with van der Waals surface area (Å²) in [5.41, 5.74) is 3.25. The summed E-state index contributed by atoms with van der Waals surface area (Å²) in [6, 6.07) is 0.425. The van der Waals surface area contributed by atoms with Crippen molar-refractivity contribution in [1.82, 2.24) is 10.6 Å². The van der Waals surface area contributed by atoms with Crippen LogP contribution in [0.5, 0.6) is 0 Å². The predicted octanol–water partition coefficient (Wildman–Crippen LogP) is 3.20. The van der Waals surface area contributed by atoms with Crippen LogP contribution >= 0.6 is 0 Å². The molecule has 0 aliphatic carbocycles. The number of hydrogen-bond acceptors (Lipinski definition) is 2. The van der Waals surface area contributed by atoms with E-state index in [0.29, 0.717) is 12.0 Å². The van der Waals surface area contributed by atoms with Gasteiger partial charge in [-0.05, 0) is 32.3 Å². The van der Waals surface area contributed by atoms with Crippen molar-refractivity contribution >= 4 is 0 Å². The minimum absolute atomic E-state index is 0.425. The van der Waals surface area contributed by atoms with E-state index >= 15 is 0 Å². The maximum atomic E-state index is 4.00. The molecule has 2 N–H and O–H groups in total. The van der Waals surface area contributed by atoms with Gasteiger partial charge < -0.3 is 10.6 Å². The lowest BCUT2D eigenvalue weighted by atomic mass is 10.1. The zero-order chi connectivity index (χ0) is 12.7. The van der Waals surface area contributed by atoms with Crippen molar-refractivity contribution in [2.24, 2.45) is 5.92 Å². The van der Waals surface area contributed by atoms with Gasteiger partial charge in [0.1, 0.15) is 0 Å². The molecule has 0 heterocycles. The molecule has 0 aliphatic rings. The molecule has 0 saturated heterocycles. The summed E-state index contributed by atoms with van der Waals surface area (Å²) in [4.78, 5) is 0. The molecular formula is C14H26N2. The number of nitrogens with one attached hydrogen (secondary N) is 2. The molecular weight excluding hydrogens is 196 g/mol. The molecule has 16 heavy (non-hydrogen) atoms. The SMILES string of the molecule is C=C(NC(C)C)/C(C)=C/CNC(=C)C(C)C. The molecule has 2 heteroatoms. The van der Waals surface area contributed by atoms with Crippen molar-refractivity contribution in [3.8, 4) is 0 Å². The Morgan fingerprint density at radius 3 is 2.19 bits per heavy atom. The van der Waals surface area contributed by atoms with Crippen LogP contribution < -0.4 is 10.6 Å². The molecule has 0 rings (SSSR count). The van der Waals surface area contributed by atoms with Crippen molar-refractivity contribution < 1.29 is 0 Å². The first-order valence-corrected chi connectivity index (χ1v) is 5.89. The van der Waals surface area contributed by atoms with Gasteiger partial charge in [-0.2, -0.15) is 0 Å². The molecule has 0 bridgehead atoms. The van der Waals surface area contributed by atoms with Gasteiger partial charge >= 0.3 is 0 Å². The lowest BCUT2D eigenvalue weighted by Crippen LogP contribution is -2.22. The maximum Gasteiger partial charge on any atom is 0.0334 e. The first-order valence-electron chi connectivity index (χ1n) is 5.89. The standard InChI is InChI=1S/C14H26N2/c1-10(2)13(6)15-9-8-12(5)14(7)16-11(3)4/h8,10-11,15-16H,6-7,9H2,1-5H3/b12-8+. The van der Waals surface area contributed by atoms with Gasteiger partial charge in [0.25, 0.3) is 0 Å². The Kier molecular flexibility index (Phi) is 6.63. The van der Waals surface area contributed by atoms with E-state index in [-0.39, 0.29) is 0 Å². The average Bonchev–Trinajstić information content (AvgIpc) is 2.15. The van der Waals surface area contributed by atoms with Crippen LogP contribution in [0.4, 0.5) is 0 Å². The lowest BCUT2D eigenvalue weighted by molar-refractivity contribution is 0.671. The van der Waals surface area contributed by atoms with Gasteiger partial charge in [-0.3, -0.25) is 0 Å². The highest BCUT2D eigenvalue weighted by Crippen LogP contribution is 2.05. The summed E-state index contributed by atoms with van der Waals surface area (Å²) in [7, 11) is 0. The van der Waals surface area contributed by atoms with Crippen LogP contribution in [0.25, 0.3) is 0 Å². The Labute approximate surface area is 101 Å². The molecule has 0 saturated carbocycles. The molecule has 92 valence electrons. The summed E-state index contributed by atoms with van der Waals surface area (Å²) in [5.74, 6) is 0.477. The highest BCUT2D eigenvalue weighted by Gasteiger charge is 2.00. The van der Waals surface area contributed by atoms with Crippen LogP contribution in [0.1, 0.15) is 34.6 Å². The van der Waals surface area contributed by atoms with Crippen LogP contribution in [0.3, 0.4) is 0 Å². The molecule has 0 unspecified atom stereocenters. The van der Waals surface area contributed by atoms with Crippen LogP contribution in [-0.4, -0.2) is 12.6 Å². The third-order valence-corrected chi connectivity index (χ3v) is 2.37. The van der Waals surface area contributed by atoms with E-state index in [9.17, 15) is 0 Å². The Bertz CT molecular complexity index is 272. The Balaban J connectivity index is 4.05. The molecule has 0 aromatic heterocycles. The van der Waals surface area contributed by atoms with Gasteiger partial charge in [-0.25, -0.2) is 0 Å². The summed E-state index contributed by atoms with van der Waals surface area (Å²) in [6.07, 6.45) is 2.13. The molecule has 0 atom stereocenters. The molecule has 0 aromatic rings. The van der Waals surface area contributed by atoms with Crippen molar-refractivity contribution in [1.29, 1.82) is 0 Å². The zero-order valence-corrected chi connectivity index (χ0v) is 11.4. The van der Waals surface area contributed by atoms with Crippen LogP contribution in [0, 0.1) is 5.92 Å². The minimum atomic E-state index is 0.425. The van der Waals surface area contributed by atoms with Gasteiger partial charge in [0.15, 0.2) is 0 Å². The smallest absolute Gasteiger partial charge is 0.0334 e. The van der Waals surface area contributed by atoms with Crippen LogP contribution in [-0.2, 0) is 0 Å². The van der Waals surface area contributed by atoms with Crippen LogP contribution in [0.15, 0.2) is 36.2 Å². The fourth-order valence-electron chi connectivity index (χ4n) is 1.12. The number of hydrogen-bond donors (Lipinski definition) is 2. The largest absolute Gasteiger partial charge is 0.385 e. The molecule has 0 amide bonds.